The molecule has 49 valence electrons. The number of carbonyl (C=O) groups excluding carboxylic acids is 1. The summed E-state index contributed by atoms with van der Waals surface area (Å²) >= 11 is 0. The molecule has 0 aromatic heterocycles. The molecule has 9 heavy (non-hydrogen) atoms. The molecule has 1 spiro atoms. The highest BCUT2D eigenvalue weighted by Crippen LogP contribution is 2.31. The van der Waals surface area contributed by atoms with Crippen molar-refractivity contribution in [1.29, 1.82) is 0 Å². The van der Waals surface area contributed by atoms with E-state index >= 15 is 0 Å². The number of rotatable bonds is 1. The molecule has 0 saturated carbocycles. The molecular weight excluding hydrogens is 116 g/mol. The number of nitrogens with one attached hydrogen (secondary N) is 2. The van der Waals surface area contributed by atoms with Gasteiger partial charge in [-0.15, -0.1) is 0 Å². The second-order valence-corrected chi connectivity index (χ2v) is 2.90. The molecule has 0 aliphatic carbocycles. The first kappa shape index (κ1) is 5.38. The fraction of sp³-hybridized carbons (Fsp3) is 0.833. The van der Waals surface area contributed by atoms with Gasteiger partial charge in [0.15, 0.2) is 0 Å². The first-order chi connectivity index (χ1) is 4.37. The van der Waals surface area contributed by atoms with Gasteiger partial charge >= 0.3 is 0 Å². The van der Waals surface area contributed by atoms with Crippen molar-refractivity contribution in [2.45, 2.75) is 6.04 Å². The minimum Gasteiger partial charge on any atom is -0.315 e. The maximum atomic E-state index is 10.2. The van der Waals surface area contributed by atoms with Crippen molar-refractivity contribution in [1.82, 2.24) is 10.6 Å². The molecule has 2 aliphatic rings. The standard InChI is InChI=1S/C6H9N2O/c9-1-5-6(4-8-5)2-7-3-6/h5,7-8H,2-4H2. The molecule has 0 aromatic rings. The summed E-state index contributed by atoms with van der Waals surface area (Å²) in [6, 6.07) is 0.0127. The van der Waals surface area contributed by atoms with E-state index in [1.54, 1.807) is 0 Å². The molecule has 2 aliphatic heterocycles. The minimum atomic E-state index is 0.0127. The average molecular weight is 125 g/mol. The zero-order valence-corrected chi connectivity index (χ0v) is 5.11. The van der Waals surface area contributed by atoms with Gasteiger partial charge in [-0.1, -0.05) is 0 Å². The molecule has 1 atom stereocenters. The predicted octanol–water partition coefficient (Wildman–Crippen LogP) is -1.34. The van der Waals surface area contributed by atoms with Gasteiger partial charge in [0.1, 0.15) is 0 Å². The summed E-state index contributed by atoms with van der Waals surface area (Å²) in [4.78, 5) is 10.2. The minimum absolute atomic E-state index is 0.0127. The zero-order chi connectivity index (χ0) is 6.32. The Hall–Kier alpha value is -0.410. The van der Waals surface area contributed by atoms with Crippen molar-refractivity contribution < 1.29 is 4.79 Å². The molecule has 2 rings (SSSR count). The van der Waals surface area contributed by atoms with E-state index in [1.165, 1.54) is 0 Å². The Labute approximate surface area is 53.8 Å². The van der Waals surface area contributed by atoms with E-state index in [1.807, 2.05) is 6.29 Å². The van der Waals surface area contributed by atoms with Crippen LogP contribution in [0.4, 0.5) is 0 Å². The van der Waals surface area contributed by atoms with Crippen LogP contribution in [0.2, 0.25) is 0 Å². The Morgan fingerprint density at radius 3 is 2.33 bits per heavy atom. The van der Waals surface area contributed by atoms with Gasteiger partial charge in [0.05, 0.1) is 6.04 Å². The van der Waals surface area contributed by atoms with Gasteiger partial charge in [-0.25, -0.2) is 0 Å². The summed E-state index contributed by atoms with van der Waals surface area (Å²) in [5.41, 5.74) is 0.266. The monoisotopic (exact) mass is 125 g/mol. The number of hydrogen-bond donors (Lipinski definition) is 2. The lowest BCUT2D eigenvalue weighted by Crippen LogP contribution is -2.76. The lowest BCUT2D eigenvalue weighted by Gasteiger charge is -2.54. The van der Waals surface area contributed by atoms with Crippen LogP contribution in [0.25, 0.3) is 0 Å². The topological polar surface area (TPSA) is 41.1 Å². The summed E-state index contributed by atoms with van der Waals surface area (Å²) < 4.78 is 0. The second-order valence-electron chi connectivity index (χ2n) is 2.90. The Morgan fingerprint density at radius 1 is 1.44 bits per heavy atom. The average Bonchev–Trinajstić information content (AvgIpc) is 1.59. The first-order valence-corrected chi connectivity index (χ1v) is 3.19. The molecule has 1 unspecified atom stereocenters. The van der Waals surface area contributed by atoms with Crippen molar-refractivity contribution in [3.8, 4) is 0 Å². The van der Waals surface area contributed by atoms with Crippen LogP contribution >= 0.6 is 0 Å². The van der Waals surface area contributed by atoms with E-state index in [0.29, 0.717) is 0 Å². The fourth-order valence-electron chi connectivity index (χ4n) is 1.43. The van der Waals surface area contributed by atoms with Crippen molar-refractivity contribution >= 4 is 6.29 Å². The molecule has 2 heterocycles. The maximum Gasteiger partial charge on any atom is 0.217 e. The van der Waals surface area contributed by atoms with Gasteiger partial charge < -0.3 is 10.6 Å². The van der Waals surface area contributed by atoms with Crippen molar-refractivity contribution in [3.63, 3.8) is 0 Å². The third-order valence-electron chi connectivity index (χ3n) is 2.34. The molecule has 1 radical (unpaired) electrons. The van der Waals surface area contributed by atoms with Crippen LogP contribution in [-0.2, 0) is 4.79 Å². The van der Waals surface area contributed by atoms with Gasteiger partial charge in [-0.3, -0.25) is 4.79 Å². The Morgan fingerprint density at radius 2 is 2.22 bits per heavy atom. The Bertz CT molecular complexity index is 136. The molecular formula is C6H9N2O. The third kappa shape index (κ3) is 0.509. The van der Waals surface area contributed by atoms with E-state index < -0.39 is 0 Å². The Balaban J connectivity index is 2.04. The van der Waals surface area contributed by atoms with Crippen molar-refractivity contribution in [2.75, 3.05) is 19.6 Å². The van der Waals surface area contributed by atoms with E-state index in [2.05, 4.69) is 10.6 Å². The predicted molar refractivity (Wildman–Crippen MR) is 32.8 cm³/mol. The van der Waals surface area contributed by atoms with E-state index in [9.17, 15) is 4.79 Å². The largest absolute Gasteiger partial charge is 0.315 e. The van der Waals surface area contributed by atoms with Crippen LogP contribution < -0.4 is 10.6 Å². The van der Waals surface area contributed by atoms with Gasteiger partial charge in [-0.05, 0) is 0 Å². The Kier molecular flexibility index (Phi) is 0.926. The lowest BCUT2D eigenvalue weighted by atomic mass is 9.69. The van der Waals surface area contributed by atoms with Crippen LogP contribution in [0.3, 0.4) is 0 Å². The molecule has 3 nitrogen and oxygen atoms in total. The molecule has 2 fully saturated rings. The van der Waals surface area contributed by atoms with Crippen molar-refractivity contribution in [3.05, 3.63) is 0 Å². The third-order valence-corrected chi connectivity index (χ3v) is 2.34. The summed E-state index contributed by atoms with van der Waals surface area (Å²) in [5.74, 6) is 0. The first-order valence-electron chi connectivity index (χ1n) is 3.19. The highest BCUT2D eigenvalue weighted by Gasteiger charge is 2.51. The molecule has 2 saturated heterocycles. The molecule has 0 amide bonds. The van der Waals surface area contributed by atoms with E-state index in [4.69, 9.17) is 0 Å². The number of hydrogen-bond acceptors (Lipinski definition) is 3. The summed E-state index contributed by atoms with van der Waals surface area (Å²) in [6.07, 6.45) is 1.99. The molecule has 3 heteroatoms. The SMILES string of the molecule is O=[C]C1NCC12CNC2. The van der Waals surface area contributed by atoms with Crippen LogP contribution in [-0.4, -0.2) is 32.0 Å². The summed E-state index contributed by atoms with van der Waals surface area (Å²) in [6.45, 7) is 2.96. The maximum absolute atomic E-state index is 10.2. The van der Waals surface area contributed by atoms with Crippen LogP contribution in [0.15, 0.2) is 0 Å². The highest BCUT2D eigenvalue weighted by atomic mass is 16.1. The highest BCUT2D eigenvalue weighted by molar-refractivity contribution is 5.63. The summed E-state index contributed by atoms with van der Waals surface area (Å²) in [5, 5.41) is 6.17. The van der Waals surface area contributed by atoms with Crippen LogP contribution in [0.5, 0.6) is 0 Å². The van der Waals surface area contributed by atoms with Crippen LogP contribution in [0, 0.1) is 5.41 Å². The fourth-order valence-corrected chi connectivity index (χ4v) is 1.43. The normalized spacial score (nSPS) is 37.1. The van der Waals surface area contributed by atoms with Crippen molar-refractivity contribution in [2.24, 2.45) is 5.41 Å². The second kappa shape index (κ2) is 1.55. The molecule has 0 aromatic carbocycles. The molecule has 0 bridgehead atoms. The van der Waals surface area contributed by atoms with Gasteiger partial charge in [0.25, 0.3) is 0 Å². The summed E-state index contributed by atoms with van der Waals surface area (Å²) in [7, 11) is 0. The van der Waals surface area contributed by atoms with E-state index in [0.717, 1.165) is 19.6 Å². The van der Waals surface area contributed by atoms with Gasteiger partial charge in [0, 0.05) is 25.0 Å². The smallest absolute Gasteiger partial charge is 0.217 e. The zero-order valence-electron chi connectivity index (χ0n) is 5.11. The van der Waals surface area contributed by atoms with Gasteiger partial charge in [-0.2, -0.15) is 0 Å². The van der Waals surface area contributed by atoms with E-state index in [-0.39, 0.29) is 11.5 Å². The lowest BCUT2D eigenvalue weighted by molar-refractivity contribution is 0.0564. The quantitative estimate of drug-likeness (QED) is 0.455. The van der Waals surface area contributed by atoms with Gasteiger partial charge in [0.2, 0.25) is 6.29 Å². The molecule has 2 N–H and O–H groups in total. The van der Waals surface area contributed by atoms with Crippen LogP contribution in [0.1, 0.15) is 0 Å².